The molecule has 164 valence electrons. The number of nitrogens with zero attached hydrogens (tertiary/aromatic N) is 2. The van der Waals surface area contributed by atoms with Crippen molar-refractivity contribution in [3.8, 4) is 0 Å². The molecule has 0 spiro atoms. The van der Waals surface area contributed by atoms with Crippen molar-refractivity contribution in [3.63, 3.8) is 0 Å². The topological polar surface area (TPSA) is 91.4 Å². The molecule has 7 nitrogen and oxygen atoms in total. The molecule has 1 saturated heterocycles. The molecule has 1 unspecified atom stereocenters. The summed E-state index contributed by atoms with van der Waals surface area (Å²) in [6.45, 7) is 0.593. The Morgan fingerprint density at radius 2 is 1.87 bits per heavy atom. The van der Waals surface area contributed by atoms with Gasteiger partial charge in [0.05, 0.1) is 10.9 Å². The Balaban J connectivity index is 0.00000289. The van der Waals surface area contributed by atoms with Crippen molar-refractivity contribution in [1.82, 2.24) is 10.3 Å². The minimum absolute atomic E-state index is 0. The van der Waals surface area contributed by atoms with Crippen LogP contribution in [0.5, 0.6) is 0 Å². The average molecular weight is 467 g/mol. The predicted octanol–water partition coefficient (Wildman–Crippen LogP) is 3.36. The van der Waals surface area contributed by atoms with Gasteiger partial charge in [0.25, 0.3) is 10.0 Å². The smallest absolute Gasteiger partial charge is 0.263 e. The molecule has 2 aromatic carbocycles. The largest absolute Gasteiger partial charge is 0.311 e. The molecule has 1 aromatic heterocycles. The van der Waals surface area contributed by atoms with Gasteiger partial charge in [-0.15, -0.1) is 11.3 Å². The van der Waals surface area contributed by atoms with E-state index < -0.39 is 27.7 Å². The standard InChI is InChI=1S/C20H18F2N4O3S2.H2/c21-14-9-13(10-15(22)11-14)12-24-18-5-7-26(19(18)27)16-1-3-17(4-2-16)31(28,29)25-20-23-6-8-30-20;/h1-4,6,8-11,18,24H,5,7,12H2,(H,23,25);1H. The number of amides is 1. The van der Waals surface area contributed by atoms with Crippen LogP contribution in [0.1, 0.15) is 13.4 Å². The van der Waals surface area contributed by atoms with Crippen LogP contribution in [0.25, 0.3) is 0 Å². The van der Waals surface area contributed by atoms with Crippen molar-refractivity contribution < 1.29 is 23.4 Å². The fourth-order valence-corrected chi connectivity index (χ4v) is 5.12. The highest BCUT2D eigenvalue weighted by atomic mass is 32.2. The fraction of sp³-hybridized carbons (Fsp3) is 0.200. The minimum Gasteiger partial charge on any atom is -0.311 e. The molecule has 2 heterocycles. The Hall–Kier alpha value is -2.89. The van der Waals surface area contributed by atoms with Gasteiger partial charge in [0.15, 0.2) is 5.13 Å². The van der Waals surface area contributed by atoms with E-state index in [2.05, 4.69) is 15.0 Å². The van der Waals surface area contributed by atoms with Crippen LogP contribution in [0.3, 0.4) is 0 Å². The fourth-order valence-electron chi connectivity index (χ4n) is 3.33. The number of nitrogens with one attached hydrogen (secondary N) is 2. The maximum atomic E-state index is 13.3. The summed E-state index contributed by atoms with van der Waals surface area (Å²) < 4.78 is 53.9. The van der Waals surface area contributed by atoms with E-state index in [1.807, 2.05) is 0 Å². The Morgan fingerprint density at radius 3 is 2.52 bits per heavy atom. The third kappa shape index (κ3) is 4.89. The molecule has 31 heavy (non-hydrogen) atoms. The van der Waals surface area contributed by atoms with Crippen LogP contribution in [0, 0.1) is 11.6 Å². The van der Waals surface area contributed by atoms with Crippen molar-refractivity contribution in [2.45, 2.75) is 23.9 Å². The third-order valence-electron chi connectivity index (χ3n) is 4.79. The van der Waals surface area contributed by atoms with Crippen LogP contribution in [0.4, 0.5) is 19.6 Å². The number of halogens is 2. The van der Waals surface area contributed by atoms with E-state index in [4.69, 9.17) is 0 Å². The Morgan fingerprint density at radius 1 is 1.16 bits per heavy atom. The number of thiazole rings is 1. The number of carbonyl (C=O) groups is 1. The van der Waals surface area contributed by atoms with Crippen molar-refractivity contribution in [3.05, 3.63) is 71.2 Å². The summed E-state index contributed by atoms with van der Waals surface area (Å²) in [5.41, 5.74) is 0.977. The number of benzene rings is 2. The van der Waals surface area contributed by atoms with Gasteiger partial charge in [-0.3, -0.25) is 9.52 Å². The number of hydrogen-bond acceptors (Lipinski definition) is 6. The maximum absolute atomic E-state index is 13.3. The molecule has 0 radical (unpaired) electrons. The second-order valence-corrected chi connectivity index (χ2v) is 9.50. The van der Waals surface area contributed by atoms with E-state index >= 15 is 0 Å². The quantitative estimate of drug-likeness (QED) is 0.557. The summed E-state index contributed by atoms with van der Waals surface area (Å²) >= 11 is 1.17. The number of hydrogen-bond donors (Lipinski definition) is 2. The third-order valence-corrected chi connectivity index (χ3v) is 6.97. The van der Waals surface area contributed by atoms with Crippen LogP contribution in [-0.2, 0) is 21.4 Å². The van der Waals surface area contributed by atoms with Gasteiger partial charge in [0.2, 0.25) is 5.91 Å². The molecule has 3 aromatic rings. The summed E-state index contributed by atoms with van der Waals surface area (Å²) in [5, 5.41) is 4.96. The first-order valence-electron chi connectivity index (χ1n) is 9.34. The van der Waals surface area contributed by atoms with Crippen molar-refractivity contribution >= 4 is 38.1 Å². The Labute approximate surface area is 183 Å². The number of sulfonamides is 1. The van der Waals surface area contributed by atoms with Crippen molar-refractivity contribution in [1.29, 1.82) is 0 Å². The Bertz CT molecular complexity index is 1170. The molecule has 1 fully saturated rings. The minimum atomic E-state index is -3.77. The SMILES string of the molecule is O=C1C(NCc2cc(F)cc(F)c2)CCN1c1ccc(S(=O)(=O)Nc2nccs2)cc1.[HH]. The second kappa shape index (κ2) is 8.69. The summed E-state index contributed by atoms with van der Waals surface area (Å²) in [4.78, 5) is 18.2. The van der Waals surface area contributed by atoms with Gasteiger partial charge in [0, 0.05) is 37.8 Å². The highest BCUT2D eigenvalue weighted by Gasteiger charge is 2.32. The molecule has 1 amide bonds. The highest BCUT2D eigenvalue weighted by molar-refractivity contribution is 7.93. The lowest BCUT2D eigenvalue weighted by atomic mass is 10.2. The van der Waals surface area contributed by atoms with Crippen LogP contribution >= 0.6 is 11.3 Å². The van der Waals surface area contributed by atoms with Gasteiger partial charge in [-0.05, 0) is 48.4 Å². The van der Waals surface area contributed by atoms with E-state index in [-0.39, 0.29) is 23.9 Å². The van der Waals surface area contributed by atoms with Gasteiger partial charge >= 0.3 is 0 Å². The zero-order chi connectivity index (χ0) is 22.0. The van der Waals surface area contributed by atoms with Crippen LogP contribution < -0.4 is 14.9 Å². The molecule has 0 aliphatic carbocycles. The lowest BCUT2D eigenvalue weighted by Crippen LogP contribution is -2.38. The van der Waals surface area contributed by atoms with Gasteiger partial charge in [-0.1, -0.05) is 0 Å². The number of rotatable bonds is 7. The first-order chi connectivity index (χ1) is 14.8. The molecule has 1 atom stereocenters. The van der Waals surface area contributed by atoms with Gasteiger partial charge in [0.1, 0.15) is 11.6 Å². The molecule has 2 N–H and O–H groups in total. The number of aromatic nitrogens is 1. The first kappa shape index (κ1) is 21.3. The van der Waals surface area contributed by atoms with E-state index in [0.29, 0.717) is 24.2 Å². The van der Waals surface area contributed by atoms with E-state index in [1.165, 1.54) is 41.8 Å². The van der Waals surface area contributed by atoms with Gasteiger partial charge in [-0.2, -0.15) is 0 Å². The molecular formula is C20H20F2N4O3S2. The summed E-state index contributed by atoms with van der Waals surface area (Å²) in [5.74, 6) is -1.53. The van der Waals surface area contributed by atoms with Crippen LogP contribution in [0.2, 0.25) is 0 Å². The average Bonchev–Trinajstić information content (AvgIpc) is 3.35. The van der Waals surface area contributed by atoms with E-state index in [1.54, 1.807) is 22.4 Å². The predicted molar refractivity (Wildman–Crippen MR) is 115 cm³/mol. The molecule has 1 aliphatic heterocycles. The highest BCUT2D eigenvalue weighted by Crippen LogP contribution is 2.25. The number of carbonyl (C=O) groups excluding carboxylic acids is 1. The second-order valence-electron chi connectivity index (χ2n) is 6.93. The molecular weight excluding hydrogens is 446 g/mol. The van der Waals surface area contributed by atoms with E-state index in [0.717, 1.165) is 6.07 Å². The molecule has 0 saturated carbocycles. The summed E-state index contributed by atoms with van der Waals surface area (Å²) in [7, 11) is -3.77. The normalized spacial score (nSPS) is 16.6. The number of anilines is 2. The zero-order valence-corrected chi connectivity index (χ0v) is 17.7. The van der Waals surface area contributed by atoms with Gasteiger partial charge in [-0.25, -0.2) is 22.2 Å². The maximum Gasteiger partial charge on any atom is 0.263 e. The van der Waals surface area contributed by atoms with Crippen LogP contribution in [-0.4, -0.2) is 31.9 Å². The first-order valence-corrected chi connectivity index (χ1v) is 11.7. The molecule has 1 aliphatic rings. The van der Waals surface area contributed by atoms with Crippen molar-refractivity contribution in [2.75, 3.05) is 16.2 Å². The summed E-state index contributed by atoms with van der Waals surface area (Å²) in [6.07, 6.45) is 2.02. The molecule has 0 bridgehead atoms. The molecule has 4 rings (SSSR count). The lowest BCUT2D eigenvalue weighted by molar-refractivity contribution is -0.118. The lowest BCUT2D eigenvalue weighted by Gasteiger charge is -2.18. The summed E-state index contributed by atoms with van der Waals surface area (Å²) in [6, 6.07) is 8.71. The van der Waals surface area contributed by atoms with Crippen LogP contribution in [0.15, 0.2) is 58.9 Å². The van der Waals surface area contributed by atoms with Gasteiger partial charge < -0.3 is 10.2 Å². The van der Waals surface area contributed by atoms with E-state index in [9.17, 15) is 22.0 Å². The molecule has 11 heteroatoms. The van der Waals surface area contributed by atoms with Crippen molar-refractivity contribution in [2.24, 2.45) is 0 Å². The monoisotopic (exact) mass is 466 g/mol. The zero-order valence-electron chi connectivity index (χ0n) is 16.1. The Kier molecular flexibility index (Phi) is 5.99.